The molecule has 1 fully saturated rings. The number of piperidine rings is 1. The number of aromatic nitrogens is 2. The summed E-state index contributed by atoms with van der Waals surface area (Å²) >= 11 is 14.1. The van der Waals surface area contributed by atoms with Gasteiger partial charge in [-0.15, -0.1) is 11.3 Å². The number of imidazole rings is 1. The molecule has 1 saturated heterocycles. The zero-order chi connectivity index (χ0) is 27.5. The van der Waals surface area contributed by atoms with Gasteiger partial charge in [0.1, 0.15) is 41.7 Å². The summed E-state index contributed by atoms with van der Waals surface area (Å²) in [5.41, 5.74) is 2.32. The number of likely N-dealkylation sites (tertiary alicyclic amines) is 1. The van der Waals surface area contributed by atoms with E-state index in [1.54, 1.807) is 24.5 Å². The van der Waals surface area contributed by atoms with Gasteiger partial charge < -0.3 is 19.1 Å². The van der Waals surface area contributed by atoms with Crippen LogP contribution in [0.1, 0.15) is 41.1 Å². The monoisotopic (exact) mass is 591 g/mol. The Hall–Kier alpha value is -2.85. The van der Waals surface area contributed by atoms with Crippen LogP contribution in [0, 0.1) is 0 Å². The van der Waals surface area contributed by atoms with Gasteiger partial charge in [0.25, 0.3) is 0 Å². The van der Waals surface area contributed by atoms with Crippen LogP contribution < -0.4 is 9.47 Å². The fraction of sp³-hybridized carbons (Fsp3) is 0.357. The molecule has 1 unspecified atom stereocenters. The van der Waals surface area contributed by atoms with Crippen LogP contribution in [0.15, 0.2) is 48.8 Å². The van der Waals surface area contributed by atoms with Crippen LogP contribution in [0.4, 0.5) is 4.39 Å². The van der Waals surface area contributed by atoms with Crippen LogP contribution in [0.5, 0.6) is 11.5 Å². The molecule has 2 aromatic carbocycles. The third-order valence-electron chi connectivity index (χ3n) is 6.77. The number of thiophene rings is 1. The fourth-order valence-electron chi connectivity index (χ4n) is 4.70. The summed E-state index contributed by atoms with van der Waals surface area (Å²) in [5.74, 6) is 0.465. The topological polar surface area (TPSA) is 65.8 Å². The molecule has 1 aliphatic rings. The molecule has 4 aromatic rings. The number of hydrogen-bond donors (Lipinski definition) is 0. The summed E-state index contributed by atoms with van der Waals surface area (Å²) in [5, 5.41) is 1.80. The van der Waals surface area contributed by atoms with Crippen LogP contribution >= 0.6 is 34.5 Å². The number of benzene rings is 2. The maximum Gasteiger partial charge on any atom is 0.351 e. The molecule has 0 saturated carbocycles. The maximum absolute atomic E-state index is 12.7. The van der Waals surface area contributed by atoms with Crippen molar-refractivity contribution in [3.05, 3.63) is 69.3 Å². The van der Waals surface area contributed by atoms with Crippen molar-refractivity contribution < 1.29 is 23.4 Å². The third-order valence-corrected chi connectivity index (χ3v) is 8.50. The SMILES string of the molecule is COC(=O)c1sc(-n2cnc3cc(Cl)ccc32)cc1OC(C)c1cccc(OC2CCN(CCF)CC2)c1Cl. The van der Waals surface area contributed by atoms with Gasteiger partial charge in [-0.1, -0.05) is 35.3 Å². The highest BCUT2D eigenvalue weighted by atomic mass is 35.5. The molecule has 1 aliphatic heterocycles. The molecule has 7 nitrogen and oxygen atoms in total. The number of esters is 1. The Morgan fingerprint density at radius 1 is 1.18 bits per heavy atom. The van der Waals surface area contributed by atoms with Crippen LogP contribution in [0.3, 0.4) is 0 Å². The molecule has 0 bridgehead atoms. The van der Waals surface area contributed by atoms with Gasteiger partial charge in [-0.2, -0.15) is 0 Å². The quantitative estimate of drug-likeness (QED) is 0.193. The molecule has 2 aromatic heterocycles. The second-order valence-corrected chi connectivity index (χ2v) is 11.1. The minimum atomic E-state index is -0.497. The summed E-state index contributed by atoms with van der Waals surface area (Å²) in [6.45, 7) is 3.58. The van der Waals surface area contributed by atoms with E-state index in [0.717, 1.165) is 47.5 Å². The fourth-order valence-corrected chi connectivity index (χ4v) is 6.18. The second kappa shape index (κ2) is 12.1. The van der Waals surface area contributed by atoms with E-state index in [4.69, 9.17) is 37.4 Å². The number of methoxy groups -OCH3 is 1. The Morgan fingerprint density at radius 3 is 2.72 bits per heavy atom. The summed E-state index contributed by atoms with van der Waals surface area (Å²) in [6.07, 6.45) is 2.82. The lowest BCUT2D eigenvalue weighted by atomic mass is 10.1. The van der Waals surface area contributed by atoms with E-state index in [1.807, 2.05) is 35.8 Å². The van der Waals surface area contributed by atoms with Crippen LogP contribution in [0.25, 0.3) is 16.0 Å². The number of carbonyl (C=O) groups excluding carboxylic acids is 1. The number of alkyl halides is 1. The molecule has 11 heteroatoms. The minimum absolute atomic E-state index is 0.00933. The number of rotatable bonds is 9. The first-order valence-electron chi connectivity index (χ1n) is 12.6. The first kappa shape index (κ1) is 27.7. The van der Waals surface area contributed by atoms with Gasteiger partial charge in [0.15, 0.2) is 4.88 Å². The van der Waals surface area contributed by atoms with Crippen LogP contribution in [0.2, 0.25) is 10.0 Å². The van der Waals surface area contributed by atoms with Crippen LogP contribution in [-0.4, -0.2) is 59.9 Å². The number of halogens is 3. The number of fused-ring (bicyclic) bond motifs is 1. The lowest BCUT2D eigenvalue weighted by Crippen LogP contribution is -2.39. The van der Waals surface area contributed by atoms with E-state index >= 15 is 0 Å². The Labute approximate surface area is 240 Å². The first-order chi connectivity index (χ1) is 18.9. The van der Waals surface area contributed by atoms with Gasteiger partial charge in [-0.3, -0.25) is 4.57 Å². The second-order valence-electron chi connectivity index (χ2n) is 9.28. The molecule has 39 heavy (non-hydrogen) atoms. The molecule has 0 N–H and O–H groups in total. The lowest BCUT2D eigenvalue weighted by Gasteiger charge is -2.31. The predicted octanol–water partition coefficient (Wildman–Crippen LogP) is 7.13. The van der Waals surface area contributed by atoms with Crippen molar-refractivity contribution in [3.63, 3.8) is 0 Å². The summed E-state index contributed by atoms with van der Waals surface area (Å²) in [7, 11) is 1.34. The van der Waals surface area contributed by atoms with Crippen molar-refractivity contribution in [1.82, 2.24) is 14.5 Å². The summed E-state index contributed by atoms with van der Waals surface area (Å²) in [6, 6.07) is 12.8. The van der Waals surface area contributed by atoms with E-state index in [9.17, 15) is 9.18 Å². The molecule has 0 spiro atoms. The van der Waals surface area contributed by atoms with Gasteiger partial charge in [0.05, 0.1) is 23.2 Å². The van der Waals surface area contributed by atoms with Gasteiger partial charge in [-0.05, 0) is 44.0 Å². The number of carbonyl (C=O) groups is 1. The Morgan fingerprint density at radius 2 is 1.97 bits per heavy atom. The summed E-state index contributed by atoms with van der Waals surface area (Å²) in [4.78, 5) is 19.5. The molecule has 0 amide bonds. The van der Waals surface area contributed by atoms with Gasteiger partial charge in [0.2, 0.25) is 0 Å². The summed E-state index contributed by atoms with van der Waals surface area (Å²) < 4.78 is 32.1. The van der Waals surface area contributed by atoms with Gasteiger partial charge in [-0.25, -0.2) is 14.2 Å². The predicted molar refractivity (Wildman–Crippen MR) is 152 cm³/mol. The average Bonchev–Trinajstić information content (AvgIpc) is 3.54. The average molecular weight is 593 g/mol. The van der Waals surface area contributed by atoms with Crippen molar-refractivity contribution in [2.75, 3.05) is 33.4 Å². The molecule has 0 aliphatic carbocycles. The van der Waals surface area contributed by atoms with E-state index in [-0.39, 0.29) is 12.8 Å². The largest absolute Gasteiger partial charge is 0.489 e. The van der Waals surface area contributed by atoms with E-state index in [2.05, 4.69) is 9.88 Å². The highest BCUT2D eigenvalue weighted by Gasteiger charge is 2.25. The van der Waals surface area contributed by atoms with E-state index in [0.29, 0.717) is 33.0 Å². The Balaban J connectivity index is 1.37. The lowest BCUT2D eigenvalue weighted by molar-refractivity contribution is 0.0600. The van der Waals surface area contributed by atoms with Gasteiger partial charge >= 0.3 is 5.97 Å². The highest BCUT2D eigenvalue weighted by Crippen LogP contribution is 2.39. The van der Waals surface area contributed by atoms with Crippen molar-refractivity contribution in [3.8, 4) is 16.5 Å². The highest BCUT2D eigenvalue weighted by molar-refractivity contribution is 7.16. The van der Waals surface area contributed by atoms with Crippen molar-refractivity contribution in [1.29, 1.82) is 0 Å². The van der Waals surface area contributed by atoms with Gasteiger partial charge in [0, 0.05) is 36.3 Å². The smallest absolute Gasteiger partial charge is 0.351 e. The maximum atomic E-state index is 12.7. The number of ether oxygens (including phenoxy) is 3. The number of nitrogens with zero attached hydrogens (tertiary/aromatic N) is 3. The number of hydrogen-bond acceptors (Lipinski definition) is 7. The standard InChI is InChI=1S/C28H28Cl2FN3O4S/c1-17(20-4-3-5-23(26(20)30)38-19-8-11-33(12-9-19)13-10-31)37-24-15-25(39-27(24)28(35)36-2)34-16-32-21-14-18(29)6-7-22(21)34/h3-7,14-17,19H,8-13H2,1-2H3. The molecule has 3 heterocycles. The van der Waals surface area contributed by atoms with Crippen LogP contribution in [-0.2, 0) is 4.74 Å². The zero-order valence-corrected chi connectivity index (χ0v) is 23.9. The molecule has 206 valence electrons. The van der Waals surface area contributed by atoms with Crippen molar-refractivity contribution in [2.45, 2.75) is 32.0 Å². The van der Waals surface area contributed by atoms with Crippen molar-refractivity contribution in [2.24, 2.45) is 0 Å². The molecule has 5 rings (SSSR count). The molecule has 1 atom stereocenters. The molecule has 0 radical (unpaired) electrons. The Bertz CT molecular complexity index is 1470. The zero-order valence-electron chi connectivity index (χ0n) is 21.5. The molecular formula is C28H28Cl2FN3O4S. The van der Waals surface area contributed by atoms with Crippen molar-refractivity contribution >= 4 is 51.5 Å². The van der Waals surface area contributed by atoms with E-state index < -0.39 is 12.1 Å². The molecular weight excluding hydrogens is 564 g/mol. The first-order valence-corrected chi connectivity index (χ1v) is 14.2. The van der Waals surface area contributed by atoms with E-state index in [1.165, 1.54) is 18.4 Å². The minimum Gasteiger partial charge on any atom is -0.489 e. The third kappa shape index (κ3) is 6.01. The Kier molecular flexibility index (Phi) is 8.61. The normalized spacial score (nSPS) is 15.4.